The van der Waals surface area contributed by atoms with Gasteiger partial charge in [0.2, 0.25) is 0 Å². The normalized spacial score (nSPS) is 18.5. The van der Waals surface area contributed by atoms with E-state index in [-0.39, 0.29) is 11.2 Å². The van der Waals surface area contributed by atoms with Gasteiger partial charge in [0.05, 0.1) is 34.2 Å². The molecule has 4 aromatic heterocycles. The molecule has 11 rings (SSSR count). The van der Waals surface area contributed by atoms with E-state index in [4.69, 9.17) is 24.9 Å². The third kappa shape index (κ3) is 7.95. The van der Waals surface area contributed by atoms with Crippen LogP contribution in [-0.4, -0.2) is 30.2 Å². The predicted octanol–water partition coefficient (Wildman–Crippen LogP) is 15.3. The molecule has 0 amide bonds. The summed E-state index contributed by atoms with van der Waals surface area (Å²) in [5.41, 5.74) is 16.6. The van der Waals surface area contributed by atoms with Crippen LogP contribution in [0.1, 0.15) is 11.1 Å². The van der Waals surface area contributed by atoms with E-state index < -0.39 is 5.41 Å². The fraction of sp³-hybridized carbons (Fsp3) is 0.0484. The van der Waals surface area contributed by atoms with E-state index in [0.717, 1.165) is 73.1 Å². The van der Waals surface area contributed by atoms with E-state index in [1.807, 2.05) is 85.2 Å². The Morgan fingerprint density at radius 2 is 0.941 bits per heavy atom. The molecule has 1 aliphatic heterocycles. The maximum atomic E-state index is 5.10. The molecular weight excluding hydrogens is 847 g/mol. The maximum absolute atomic E-state index is 5.10. The van der Waals surface area contributed by atoms with Gasteiger partial charge in [-0.1, -0.05) is 164 Å². The van der Waals surface area contributed by atoms with Crippen LogP contribution in [0, 0.1) is 5.92 Å². The van der Waals surface area contributed by atoms with E-state index in [0.29, 0.717) is 5.82 Å². The smallest absolute Gasteiger partial charge is 0.160 e. The molecule has 0 saturated carbocycles. The number of rotatable bonds is 9. The molecule has 0 bridgehead atoms. The molecule has 0 fully saturated rings. The van der Waals surface area contributed by atoms with E-state index >= 15 is 0 Å². The lowest BCUT2D eigenvalue weighted by atomic mass is 9.66. The Kier molecular flexibility index (Phi) is 11.5. The van der Waals surface area contributed by atoms with Gasteiger partial charge in [0.15, 0.2) is 5.82 Å². The van der Waals surface area contributed by atoms with Crippen molar-refractivity contribution in [3.05, 3.63) is 261 Å². The topological polar surface area (TPSA) is 64.5 Å². The molecule has 9 aromatic rings. The lowest BCUT2D eigenvalue weighted by Crippen LogP contribution is -2.37. The third-order valence-electron chi connectivity index (χ3n) is 12.9. The van der Waals surface area contributed by atoms with Crippen molar-refractivity contribution >= 4 is 11.8 Å². The number of hydrogen-bond donors (Lipinski definition) is 0. The lowest BCUT2D eigenvalue weighted by Gasteiger charge is -2.39. The summed E-state index contributed by atoms with van der Waals surface area (Å²) >= 11 is 1.78. The van der Waals surface area contributed by atoms with Crippen molar-refractivity contribution in [2.24, 2.45) is 5.92 Å². The second-order valence-corrected chi connectivity index (χ2v) is 18.0. The minimum atomic E-state index is -0.539. The number of thioether (sulfide) groups is 1. The molecule has 2 aliphatic rings. The number of hydrogen-bond acceptors (Lipinski definition) is 6. The summed E-state index contributed by atoms with van der Waals surface area (Å²) < 4.78 is 0. The van der Waals surface area contributed by atoms with E-state index in [1.165, 1.54) is 22.3 Å². The Morgan fingerprint density at radius 3 is 1.49 bits per heavy atom. The van der Waals surface area contributed by atoms with Crippen molar-refractivity contribution < 1.29 is 0 Å². The van der Waals surface area contributed by atoms with Gasteiger partial charge in [-0.2, -0.15) is 0 Å². The van der Waals surface area contributed by atoms with Gasteiger partial charge in [-0.15, -0.1) is 24.9 Å². The van der Waals surface area contributed by atoms with Crippen LogP contribution in [0.3, 0.4) is 0 Å². The van der Waals surface area contributed by atoms with Gasteiger partial charge in [0, 0.05) is 45.7 Å². The van der Waals surface area contributed by atoms with Crippen molar-refractivity contribution in [2.75, 3.05) is 0 Å². The molecule has 5 nitrogen and oxygen atoms in total. The van der Waals surface area contributed by atoms with Gasteiger partial charge in [-0.3, -0.25) is 9.97 Å². The molecule has 3 unspecified atom stereocenters. The highest BCUT2D eigenvalue weighted by atomic mass is 32.2. The summed E-state index contributed by atoms with van der Waals surface area (Å²) in [6.45, 7) is 8.84. The molecule has 1 spiro atoms. The van der Waals surface area contributed by atoms with Crippen LogP contribution in [0.5, 0.6) is 0 Å². The Bertz CT molecular complexity index is 3290. The summed E-state index contributed by atoms with van der Waals surface area (Å²) in [6, 6.07) is 61.4. The van der Waals surface area contributed by atoms with E-state index in [1.54, 1.807) is 11.8 Å². The third-order valence-corrected chi connectivity index (χ3v) is 14.1. The van der Waals surface area contributed by atoms with Crippen molar-refractivity contribution in [1.29, 1.82) is 0 Å². The molecule has 5 aromatic carbocycles. The number of fused-ring (bicyclic) bond motifs is 5. The molecule has 0 radical (unpaired) electrons. The van der Waals surface area contributed by atoms with Crippen molar-refractivity contribution in [3.63, 3.8) is 0 Å². The zero-order valence-electron chi connectivity index (χ0n) is 37.2. The second kappa shape index (κ2) is 18.5. The largest absolute Gasteiger partial charge is 0.255 e. The van der Waals surface area contributed by atoms with Crippen LogP contribution in [-0.2, 0) is 5.41 Å². The number of benzene rings is 5. The standard InChI is InChI=1S/C62H45N5S/c1-3-51-60(4-2)68-36-18-6-5-15-33-62(51)52-31-29-46(42-25-27-45(28-26-42)61-66-56(43-19-9-7-10-20-43)41-57(67-61)44-21-11-8-12-22-44)37-49(52)50-38-47(30-32-53(50)62)48-39-58(54-23-13-16-34-63-54)65-59(40-48)55-24-14-17-35-64-55/h3-41,51,60H,1-2H2/b6-5-,33-15+,36-18+. The van der Waals surface area contributed by atoms with Crippen molar-refractivity contribution in [3.8, 4) is 90.1 Å². The molecule has 5 heterocycles. The first-order valence-electron chi connectivity index (χ1n) is 22.8. The number of pyridine rings is 3. The predicted molar refractivity (Wildman–Crippen MR) is 282 cm³/mol. The molecule has 68 heavy (non-hydrogen) atoms. The van der Waals surface area contributed by atoms with Crippen LogP contribution in [0.2, 0.25) is 0 Å². The second-order valence-electron chi connectivity index (χ2n) is 16.9. The minimum absolute atomic E-state index is 0.0201. The van der Waals surface area contributed by atoms with Crippen molar-refractivity contribution in [1.82, 2.24) is 24.9 Å². The zero-order valence-corrected chi connectivity index (χ0v) is 38.0. The van der Waals surface area contributed by atoms with Gasteiger partial charge in [-0.05, 0) is 105 Å². The van der Waals surface area contributed by atoms with Crippen LogP contribution < -0.4 is 0 Å². The average molecular weight is 892 g/mol. The summed E-state index contributed by atoms with van der Waals surface area (Å²) in [6.07, 6.45) is 18.7. The van der Waals surface area contributed by atoms with E-state index in [2.05, 4.69) is 164 Å². The van der Waals surface area contributed by atoms with Gasteiger partial charge < -0.3 is 0 Å². The summed E-state index contributed by atoms with van der Waals surface area (Å²) in [5.74, 6) is 0.660. The Hall–Kier alpha value is -8.32. The first kappa shape index (κ1) is 42.3. The van der Waals surface area contributed by atoms with E-state index in [9.17, 15) is 0 Å². The highest BCUT2D eigenvalue weighted by Crippen LogP contribution is 2.57. The minimum Gasteiger partial charge on any atom is -0.255 e. The van der Waals surface area contributed by atoms with Crippen molar-refractivity contribution in [2.45, 2.75) is 10.7 Å². The molecule has 6 heteroatoms. The Morgan fingerprint density at radius 1 is 0.412 bits per heavy atom. The van der Waals surface area contributed by atoms with Crippen LogP contribution in [0.25, 0.3) is 90.1 Å². The number of nitrogens with zero attached hydrogens (tertiary/aromatic N) is 5. The zero-order chi connectivity index (χ0) is 45.9. The van der Waals surface area contributed by atoms with Crippen LogP contribution in [0.4, 0.5) is 0 Å². The SMILES string of the molecule is C=CC1S/C=C/C=C\C=C\C2(c3ccc(-c4ccc(-c5nc(-c6ccccc6)cc(-c6ccccc6)n5)cc4)cc3-c3cc(-c4cc(-c5ccccn5)nc(-c5ccccn5)c4)ccc32)C1C=C. The maximum Gasteiger partial charge on any atom is 0.160 e. The molecule has 324 valence electrons. The molecule has 0 N–H and O–H groups in total. The molecule has 1 aliphatic carbocycles. The summed E-state index contributed by atoms with van der Waals surface area (Å²) in [5, 5.41) is 2.21. The highest BCUT2D eigenvalue weighted by Gasteiger charge is 2.48. The molecule has 0 saturated heterocycles. The molecular formula is C62H45N5S. The first-order chi connectivity index (χ1) is 33.6. The number of allylic oxidation sites excluding steroid dienone is 6. The number of aromatic nitrogens is 5. The van der Waals surface area contributed by atoms with Gasteiger partial charge in [-0.25, -0.2) is 15.0 Å². The lowest BCUT2D eigenvalue weighted by molar-refractivity contribution is 0.485. The average Bonchev–Trinajstić information content (AvgIpc) is 3.69. The fourth-order valence-electron chi connectivity index (χ4n) is 9.68. The van der Waals surface area contributed by atoms with Crippen LogP contribution in [0.15, 0.2) is 249 Å². The van der Waals surface area contributed by atoms with Gasteiger partial charge >= 0.3 is 0 Å². The quantitative estimate of drug-likeness (QED) is 0.135. The van der Waals surface area contributed by atoms with Gasteiger partial charge in [0.1, 0.15) is 0 Å². The Labute approximate surface area is 401 Å². The first-order valence-corrected chi connectivity index (χ1v) is 23.7. The summed E-state index contributed by atoms with van der Waals surface area (Å²) in [4.78, 5) is 24.7. The Balaban J connectivity index is 1.06. The highest BCUT2D eigenvalue weighted by molar-refractivity contribution is 8.02. The molecule has 3 atom stereocenters. The van der Waals surface area contributed by atoms with Crippen LogP contribution >= 0.6 is 11.8 Å². The monoisotopic (exact) mass is 891 g/mol. The summed E-state index contributed by atoms with van der Waals surface area (Å²) in [7, 11) is 0. The fourth-order valence-corrected chi connectivity index (χ4v) is 10.7. The van der Waals surface area contributed by atoms with Gasteiger partial charge in [0.25, 0.3) is 0 Å².